The Hall–Kier alpha value is -0.120. The van der Waals surface area contributed by atoms with E-state index in [-0.39, 0.29) is 11.7 Å². The van der Waals surface area contributed by atoms with Crippen LogP contribution in [0, 0.1) is 0 Å². The molecule has 1 atom stereocenters. The van der Waals surface area contributed by atoms with Crippen LogP contribution in [-0.4, -0.2) is 24.2 Å². The van der Waals surface area contributed by atoms with Crippen LogP contribution in [0.25, 0.3) is 0 Å². The minimum absolute atomic E-state index is 0.0127. The predicted octanol–water partition coefficient (Wildman–Crippen LogP) is -0.530. The van der Waals surface area contributed by atoms with Crippen molar-refractivity contribution in [3.63, 3.8) is 0 Å². The monoisotopic (exact) mass is 150 g/mol. The fraction of sp³-hybridized carbons (Fsp3) is 0.800. The van der Waals surface area contributed by atoms with E-state index in [0.29, 0.717) is 13.0 Å². The van der Waals surface area contributed by atoms with Crippen LogP contribution in [0.4, 0.5) is 0 Å². The molecule has 0 fully saturated rings. The van der Waals surface area contributed by atoms with Gasteiger partial charge in [0.05, 0.1) is 11.9 Å². The van der Waals surface area contributed by atoms with Gasteiger partial charge in [-0.2, -0.15) is 0 Å². The smallest absolute Gasteiger partial charge is 0.164 e. The molecule has 0 radical (unpaired) electrons. The normalized spacial score (nSPS) is 13.2. The van der Waals surface area contributed by atoms with Crippen molar-refractivity contribution >= 4 is 17.4 Å². The summed E-state index contributed by atoms with van der Waals surface area (Å²) in [4.78, 5) is 10.6. The molecule has 4 N–H and O–H groups in total. The van der Waals surface area contributed by atoms with Gasteiger partial charge in [0, 0.05) is 0 Å². The lowest BCUT2D eigenvalue weighted by Gasteiger charge is -2.04. The average Bonchev–Trinajstić information content (AvgIpc) is 1.87. The zero-order chi connectivity index (χ0) is 7.28. The third-order valence-corrected chi connectivity index (χ3v) is 1.29. The number of halogens is 1. The summed E-state index contributed by atoms with van der Waals surface area (Å²) < 4.78 is 0. The Kier molecular flexibility index (Phi) is 4.67. The summed E-state index contributed by atoms with van der Waals surface area (Å²) in [6.45, 7) is 0.434. The van der Waals surface area contributed by atoms with Crippen molar-refractivity contribution in [2.45, 2.75) is 12.5 Å². The van der Waals surface area contributed by atoms with Crippen LogP contribution >= 0.6 is 11.6 Å². The number of alkyl halides is 1. The molecular weight excluding hydrogens is 140 g/mol. The van der Waals surface area contributed by atoms with Gasteiger partial charge in [0.2, 0.25) is 0 Å². The molecular formula is C5H11ClN2O. The first-order valence-electron chi connectivity index (χ1n) is 2.76. The second-order valence-corrected chi connectivity index (χ2v) is 2.05. The molecule has 1 unspecified atom stereocenters. The van der Waals surface area contributed by atoms with Crippen molar-refractivity contribution in [1.82, 2.24) is 0 Å². The lowest BCUT2D eigenvalue weighted by Crippen LogP contribution is -2.33. The topological polar surface area (TPSA) is 69.1 Å². The van der Waals surface area contributed by atoms with Crippen LogP contribution in [0.5, 0.6) is 0 Å². The Morgan fingerprint density at radius 3 is 2.56 bits per heavy atom. The highest BCUT2D eigenvalue weighted by molar-refractivity contribution is 6.28. The second-order valence-electron chi connectivity index (χ2n) is 1.78. The minimum atomic E-state index is -0.465. The van der Waals surface area contributed by atoms with Gasteiger partial charge in [-0.3, -0.25) is 4.79 Å². The Balaban J connectivity index is 3.45. The third kappa shape index (κ3) is 3.46. The van der Waals surface area contributed by atoms with Gasteiger partial charge < -0.3 is 11.5 Å². The molecule has 0 aliphatic rings. The Morgan fingerprint density at radius 1 is 1.67 bits per heavy atom. The minimum Gasteiger partial charge on any atom is -0.330 e. The molecule has 4 heteroatoms. The standard InChI is InChI=1S/C5H11ClN2O/c6-3-5(9)4(8)1-2-7/h4H,1-3,7-8H2. The van der Waals surface area contributed by atoms with Gasteiger partial charge in [-0.1, -0.05) is 0 Å². The van der Waals surface area contributed by atoms with Crippen molar-refractivity contribution in [2.75, 3.05) is 12.4 Å². The van der Waals surface area contributed by atoms with Crippen molar-refractivity contribution < 1.29 is 4.79 Å². The summed E-state index contributed by atoms with van der Waals surface area (Å²) in [6.07, 6.45) is 0.519. The molecule has 0 aliphatic heterocycles. The van der Waals surface area contributed by atoms with Crippen molar-refractivity contribution in [3.05, 3.63) is 0 Å². The highest BCUT2D eigenvalue weighted by atomic mass is 35.5. The molecule has 0 aliphatic carbocycles. The number of hydrogen-bond donors (Lipinski definition) is 2. The Morgan fingerprint density at radius 2 is 2.22 bits per heavy atom. The summed E-state index contributed by atoms with van der Waals surface area (Å²) in [7, 11) is 0. The van der Waals surface area contributed by atoms with Crippen LogP contribution in [0.3, 0.4) is 0 Å². The van der Waals surface area contributed by atoms with Crippen LogP contribution in [-0.2, 0) is 4.79 Å². The second kappa shape index (κ2) is 4.73. The van der Waals surface area contributed by atoms with E-state index in [1.54, 1.807) is 0 Å². The van der Waals surface area contributed by atoms with Crippen LogP contribution in [0.2, 0.25) is 0 Å². The van der Waals surface area contributed by atoms with Gasteiger partial charge in [-0.25, -0.2) is 0 Å². The zero-order valence-corrected chi connectivity index (χ0v) is 5.90. The number of Topliss-reactive ketones (excluding diaryl/α,β-unsaturated/α-hetero) is 1. The van der Waals surface area contributed by atoms with E-state index in [1.165, 1.54) is 0 Å². The van der Waals surface area contributed by atoms with Gasteiger partial charge >= 0.3 is 0 Å². The summed E-state index contributed by atoms with van der Waals surface area (Å²) in [5, 5.41) is 0. The number of hydrogen-bond acceptors (Lipinski definition) is 3. The molecule has 0 aromatic rings. The summed E-state index contributed by atoms with van der Waals surface area (Å²) in [5.41, 5.74) is 10.5. The maximum Gasteiger partial charge on any atom is 0.164 e. The van der Waals surface area contributed by atoms with Crippen LogP contribution < -0.4 is 11.5 Å². The number of carbonyl (C=O) groups excluding carboxylic acids is 1. The van der Waals surface area contributed by atoms with E-state index in [9.17, 15) is 4.79 Å². The molecule has 0 rings (SSSR count). The van der Waals surface area contributed by atoms with Gasteiger partial charge in [0.15, 0.2) is 5.78 Å². The predicted molar refractivity (Wildman–Crippen MR) is 37.4 cm³/mol. The Bertz CT molecular complexity index is 97.0. The molecule has 0 amide bonds. The van der Waals surface area contributed by atoms with Gasteiger partial charge in [-0.15, -0.1) is 11.6 Å². The number of rotatable bonds is 4. The van der Waals surface area contributed by atoms with E-state index in [2.05, 4.69) is 0 Å². The lowest BCUT2D eigenvalue weighted by molar-refractivity contribution is -0.118. The third-order valence-electron chi connectivity index (χ3n) is 1.02. The molecule has 0 spiro atoms. The summed E-state index contributed by atoms with van der Waals surface area (Å²) in [5.74, 6) is -0.150. The number of nitrogens with two attached hydrogens (primary N) is 2. The van der Waals surface area contributed by atoms with Gasteiger partial charge in [-0.05, 0) is 13.0 Å². The van der Waals surface area contributed by atoms with Crippen LogP contribution in [0.15, 0.2) is 0 Å². The molecule has 0 aromatic carbocycles. The molecule has 0 saturated heterocycles. The first kappa shape index (κ1) is 8.88. The number of ketones is 1. The highest BCUT2D eigenvalue weighted by Crippen LogP contribution is 1.89. The van der Waals surface area contributed by atoms with Gasteiger partial charge in [0.1, 0.15) is 0 Å². The first-order chi connectivity index (χ1) is 4.22. The molecule has 0 bridgehead atoms. The molecule has 3 nitrogen and oxygen atoms in total. The largest absolute Gasteiger partial charge is 0.330 e. The average molecular weight is 151 g/mol. The van der Waals surface area contributed by atoms with Crippen molar-refractivity contribution in [2.24, 2.45) is 11.5 Å². The van der Waals surface area contributed by atoms with E-state index < -0.39 is 6.04 Å². The molecule has 54 valence electrons. The molecule has 0 saturated carbocycles. The quantitative estimate of drug-likeness (QED) is 0.530. The fourth-order valence-electron chi connectivity index (χ4n) is 0.440. The number of carbonyl (C=O) groups is 1. The molecule has 0 aromatic heterocycles. The van der Waals surface area contributed by atoms with E-state index in [4.69, 9.17) is 23.1 Å². The summed E-state index contributed by atoms with van der Waals surface area (Å²) >= 11 is 5.21. The lowest BCUT2D eigenvalue weighted by atomic mass is 10.1. The zero-order valence-electron chi connectivity index (χ0n) is 5.14. The van der Waals surface area contributed by atoms with E-state index >= 15 is 0 Å². The maximum absolute atomic E-state index is 10.6. The maximum atomic E-state index is 10.6. The van der Waals surface area contributed by atoms with E-state index in [1.807, 2.05) is 0 Å². The van der Waals surface area contributed by atoms with Crippen LogP contribution in [0.1, 0.15) is 6.42 Å². The summed E-state index contributed by atoms with van der Waals surface area (Å²) in [6, 6.07) is -0.465. The van der Waals surface area contributed by atoms with Crippen molar-refractivity contribution in [1.29, 1.82) is 0 Å². The SMILES string of the molecule is NCCC(N)C(=O)CCl. The Labute approximate surface area is 59.3 Å². The molecule has 9 heavy (non-hydrogen) atoms. The van der Waals surface area contributed by atoms with Gasteiger partial charge in [0.25, 0.3) is 0 Å². The van der Waals surface area contributed by atoms with Crippen molar-refractivity contribution in [3.8, 4) is 0 Å². The fourth-order valence-corrected chi connectivity index (χ4v) is 0.638. The van der Waals surface area contributed by atoms with E-state index in [0.717, 1.165) is 0 Å². The molecule has 0 heterocycles. The first-order valence-corrected chi connectivity index (χ1v) is 3.30. The highest BCUT2D eigenvalue weighted by Gasteiger charge is 2.09.